The van der Waals surface area contributed by atoms with Gasteiger partial charge in [-0.1, -0.05) is 6.92 Å². The molecule has 0 atom stereocenters. The zero-order chi connectivity index (χ0) is 13.1. The van der Waals surface area contributed by atoms with Crippen LogP contribution in [0, 0.1) is 12.8 Å². The summed E-state index contributed by atoms with van der Waals surface area (Å²) in [7, 11) is 1.83. The normalized spacial score (nSPS) is 23.7. The van der Waals surface area contributed by atoms with Crippen molar-refractivity contribution in [3.05, 3.63) is 11.3 Å². The van der Waals surface area contributed by atoms with Crippen LogP contribution in [0.2, 0.25) is 0 Å². The number of anilines is 1. The van der Waals surface area contributed by atoms with Gasteiger partial charge in [-0.25, -0.2) is 0 Å². The number of amides is 1. The topological polar surface area (TPSA) is 54.0 Å². The van der Waals surface area contributed by atoms with Crippen LogP contribution in [-0.4, -0.2) is 23.4 Å². The Morgan fingerprint density at radius 2 is 2.00 bits per heavy atom. The van der Waals surface area contributed by atoms with Crippen molar-refractivity contribution < 1.29 is 4.79 Å². The first kappa shape index (κ1) is 13.3. The van der Waals surface area contributed by atoms with Crippen molar-refractivity contribution in [2.45, 2.75) is 45.6 Å². The highest BCUT2D eigenvalue weighted by atomic mass is 32.1. The summed E-state index contributed by atoms with van der Waals surface area (Å²) in [5.74, 6) is 0.820. The first-order chi connectivity index (χ1) is 8.61. The van der Waals surface area contributed by atoms with Crippen LogP contribution in [0.5, 0.6) is 0 Å². The Bertz CT molecular complexity index is 422. The molecular formula is C13H21N3OS. The molecular weight excluding hydrogens is 246 g/mol. The van der Waals surface area contributed by atoms with Crippen molar-refractivity contribution in [1.82, 2.24) is 9.69 Å². The number of hydrogen-bond donors (Lipinski definition) is 2. The predicted octanol–water partition coefficient (Wildman–Crippen LogP) is 2.80. The van der Waals surface area contributed by atoms with Gasteiger partial charge in [0.2, 0.25) is 0 Å². The number of rotatable bonds is 3. The van der Waals surface area contributed by atoms with Crippen LogP contribution in [0.4, 0.5) is 5.00 Å². The van der Waals surface area contributed by atoms with E-state index in [9.17, 15) is 4.79 Å². The molecule has 5 heteroatoms. The third-order valence-electron chi connectivity index (χ3n) is 3.67. The lowest BCUT2D eigenvalue weighted by molar-refractivity contribution is 0.0923. The fourth-order valence-corrected chi connectivity index (χ4v) is 3.21. The molecule has 1 amide bonds. The molecule has 1 fully saturated rings. The molecule has 0 radical (unpaired) electrons. The van der Waals surface area contributed by atoms with Crippen molar-refractivity contribution in [3.63, 3.8) is 0 Å². The lowest BCUT2D eigenvalue weighted by Gasteiger charge is -2.26. The van der Waals surface area contributed by atoms with Crippen molar-refractivity contribution in [2.75, 3.05) is 12.4 Å². The highest BCUT2D eigenvalue weighted by Crippen LogP contribution is 2.26. The summed E-state index contributed by atoms with van der Waals surface area (Å²) in [5.41, 5.74) is 1.52. The lowest BCUT2D eigenvalue weighted by atomic mass is 9.87. The van der Waals surface area contributed by atoms with Crippen LogP contribution < -0.4 is 10.6 Å². The quantitative estimate of drug-likeness (QED) is 0.885. The van der Waals surface area contributed by atoms with E-state index in [2.05, 4.69) is 21.9 Å². The van der Waals surface area contributed by atoms with Crippen LogP contribution in [0.1, 0.15) is 48.7 Å². The molecule has 0 aliphatic heterocycles. The van der Waals surface area contributed by atoms with Gasteiger partial charge in [-0.2, -0.15) is 4.37 Å². The van der Waals surface area contributed by atoms with E-state index in [1.165, 1.54) is 24.4 Å². The number of nitrogens with one attached hydrogen (secondary N) is 2. The summed E-state index contributed by atoms with van der Waals surface area (Å²) in [4.78, 5) is 12.3. The van der Waals surface area contributed by atoms with Crippen LogP contribution in [0.15, 0.2) is 0 Å². The molecule has 2 rings (SSSR count). The average Bonchev–Trinajstić information content (AvgIpc) is 2.73. The maximum Gasteiger partial charge on any atom is 0.256 e. The largest absolute Gasteiger partial charge is 0.378 e. The highest BCUT2D eigenvalue weighted by Gasteiger charge is 2.23. The van der Waals surface area contributed by atoms with E-state index >= 15 is 0 Å². The van der Waals surface area contributed by atoms with E-state index in [1.54, 1.807) is 0 Å². The van der Waals surface area contributed by atoms with Crippen LogP contribution in [0.3, 0.4) is 0 Å². The molecule has 0 unspecified atom stereocenters. The van der Waals surface area contributed by atoms with Gasteiger partial charge in [0.15, 0.2) is 0 Å². The van der Waals surface area contributed by atoms with Crippen molar-refractivity contribution in [3.8, 4) is 0 Å². The number of aromatic nitrogens is 1. The zero-order valence-electron chi connectivity index (χ0n) is 11.2. The minimum Gasteiger partial charge on any atom is -0.378 e. The first-order valence-electron chi connectivity index (χ1n) is 6.56. The number of carbonyl (C=O) groups excluding carboxylic acids is 1. The molecule has 1 aliphatic carbocycles. The standard InChI is InChI=1S/C13H21N3OS/c1-8-4-6-10(7-5-8)15-12(17)11-9(2)16-18-13(11)14-3/h8,10,14H,4-7H2,1-3H3,(H,15,17). The molecule has 1 aromatic heterocycles. The maximum atomic E-state index is 12.3. The van der Waals surface area contributed by atoms with Gasteiger partial charge < -0.3 is 10.6 Å². The number of carbonyl (C=O) groups is 1. The monoisotopic (exact) mass is 267 g/mol. The molecule has 2 N–H and O–H groups in total. The molecule has 0 aromatic carbocycles. The average molecular weight is 267 g/mol. The van der Waals surface area contributed by atoms with Crippen LogP contribution >= 0.6 is 11.5 Å². The maximum absolute atomic E-state index is 12.3. The predicted molar refractivity (Wildman–Crippen MR) is 75.3 cm³/mol. The Labute approximate surface area is 112 Å². The SMILES string of the molecule is CNc1snc(C)c1C(=O)NC1CCC(C)CC1. The third-order valence-corrected chi connectivity index (χ3v) is 4.62. The molecule has 1 aromatic rings. The molecule has 1 saturated carbocycles. The van der Waals surface area contributed by atoms with Crippen molar-refractivity contribution in [2.24, 2.45) is 5.92 Å². The van der Waals surface area contributed by atoms with Gasteiger partial charge in [0, 0.05) is 13.1 Å². The Kier molecular flexibility index (Phi) is 4.22. The molecule has 1 aliphatic rings. The summed E-state index contributed by atoms with van der Waals surface area (Å²) in [6, 6.07) is 0.331. The van der Waals surface area contributed by atoms with Gasteiger partial charge in [-0.05, 0) is 50.1 Å². The van der Waals surface area contributed by atoms with Crippen molar-refractivity contribution in [1.29, 1.82) is 0 Å². The fourth-order valence-electron chi connectivity index (χ4n) is 2.47. The molecule has 18 heavy (non-hydrogen) atoms. The van der Waals surface area contributed by atoms with E-state index in [0.717, 1.165) is 29.5 Å². The molecule has 0 bridgehead atoms. The summed E-state index contributed by atoms with van der Waals surface area (Å²) >= 11 is 1.34. The second-order valence-corrected chi connectivity index (χ2v) is 5.93. The van der Waals surface area contributed by atoms with E-state index in [4.69, 9.17) is 0 Å². The van der Waals surface area contributed by atoms with Crippen LogP contribution in [-0.2, 0) is 0 Å². The summed E-state index contributed by atoms with van der Waals surface area (Å²) in [6.07, 6.45) is 4.62. The third kappa shape index (κ3) is 2.83. The second-order valence-electron chi connectivity index (χ2n) is 5.15. The number of aryl methyl sites for hydroxylation is 1. The minimum absolute atomic E-state index is 0.0187. The van der Waals surface area contributed by atoms with Gasteiger partial charge in [0.25, 0.3) is 5.91 Å². The smallest absolute Gasteiger partial charge is 0.256 e. The van der Waals surface area contributed by atoms with Gasteiger partial charge in [-0.15, -0.1) is 0 Å². The molecule has 0 spiro atoms. The molecule has 0 saturated heterocycles. The fraction of sp³-hybridized carbons (Fsp3) is 0.692. The molecule has 4 nitrogen and oxygen atoms in total. The molecule has 100 valence electrons. The summed E-state index contributed by atoms with van der Waals surface area (Å²) in [6.45, 7) is 4.17. The van der Waals surface area contributed by atoms with Crippen molar-refractivity contribution >= 4 is 22.4 Å². The lowest BCUT2D eigenvalue weighted by Crippen LogP contribution is -2.37. The Hall–Kier alpha value is -1.10. The van der Waals surface area contributed by atoms with Gasteiger partial charge in [-0.3, -0.25) is 4.79 Å². The number of nitrogens with zero attached hydrogens (tertiary/aromatic N) is 1. The zero-order valence-corrected chi connectivity index (χ0v) is 12.1. The Morgan fingerprint density at radius 1 is 1.33 bits per heavy atom. The second kappa shape index (κ2) is 5.69. The van der Waals surface area contributed by atoms with Crippen LogP contribution in [0.25, 0.3) is 0 Å². The first-order valence-corrected chi connectivity index (χ1v) is 7.34. The van der Waals surface area contributed by atoms with Gasteiger partial charge >= 0.3 is 0 Å². The van der Waals surface area contributed by atoms with E-state index in [0.29, 0.717) is 11.6 Å². The summed E-state index contributed by atoms with van der Waals surface area (Å²) < 4.78 is 4.23. The summed E-state index contributed by atoms with van der Waals surface area (Å²) in [5, 5.41) is 7.04. The molecule has 1 heterocycles. The number of hydrogen-bond acceptors (Lipinski definition) is 4. The van der Waals surface area contributed by atoms with Gasteiger partial charge in [0.05, 0.1) is 11.3 Å². The Balaban J connectivity index is 2.01. The Morgan fingerprint density at radius 3 is 2.61 bits per heavy atom. The van der Waals surface area contributed by atoms with Gasteiger partial charge in [0.1, 0.15) is 5.00 Å². The highest BCUT2D eigenvalue weighted by molar-refractivity contribution is 7.10. The van der Waals surface area contributed by atoms with E-state index in [-0.39, 0.29) is 5.91 Å². The minimum atomic E-state index is 0.0187. The van der Waals surface area contributed by atoms with E-state index in [1.807, 2.05) is 14.0 Å². The van der Waals surface area contributed by atoms with E-state index < -0.39 is 0 Å².